The van der Waals surface area contributed by atoms with Gasteiger partial charge in [0.15, 0.2) is 0 Å². The van der Waals surface area contributed by atoms with E-state index < -0.39 is 0 Å². The van der Waals surface area contributed by atoms with Gasteiger partial charge in [0.25, 0.3) is 0 Å². The van der Waals surface area contributed by atoms with Gasteiger partial charge in [-0.1, -0.05) is 44.2 Å². The smallest absolute Gasteiger partial charge is 0.227 e. The minimum atomic E-state index is -0.0962. The molecule has 1 aliphatic heterocycles. The number of carbonyl (C=O) groups excluding carboxylic acids is 1. The SMILES string of the molecule is CCN1CCN(Cc2cnc(C(C)C)nc2)CC(Cc2ccccc2-c2cccnc2)C1=O. The molecule has 172 valence electrons. The highest BCUT2D eigenvalue weighted by Gasteiger charge is 2.30. The van der Waals surface area contributed by atoms with E-state index >= 15 is 0 Å². The van der Waals surface area contributed by atoms with Crippen LogP contribution in [0.1, 0.15) is 43.6 Å². The van der Waals surface area contributed by atoms with Crippen LogP contribution >= 0.6 is 0 Å². The molecule has 6 nitrogen and oxygen atoms in total. The van der Waals surface area contributed by atoms with Gasteiger partial charge < -0.3 is 4.90 Å². The van der Waals surface area contributed by atoms with Crippen molar-refractivity contribution in [3.8, 4) is 11.1 Å². The van der Waals surface area contributed by atoms with Gasteiger partial charge in [0.1, 0.15) is 5.82 Å². The van der Waals surface area contributed by atoms with Crippen molar-refractivity contribution in [1.29, 1.82) is 0 Å². The molecule has 0 radical (unpaired) electrons. The molecule has 0 saturated carbocycles. The molecule has 6 heteroatoms. The summed E-state index contributed by atoms with van der Waals surface area (Å²) in [4.78, 5) is 31.1. The Balaban J connectivity index is 1.55. The van der Waals surface area contributed by atoms with Gasteiger partial charge in [-0.25, -0.2) is 9.97 Å². The first-order chi connectivity index (χ1) is 16.0. The van der Waals surface area contributed by atoms with E-state index in [0.29, 0.717) is 12.3 Å². The van der Waals surface area contributed by atoms with Crippen LogP contribution in [0.4, 0.5) is 0 Å². The second kappa shape index (κ2) is 10.7. The molecule has 1 saturated heterocycles. The van der Waals surface area contributed by atoms with Crippen LogP contribution in [0, 0.1) is 5.92 Å². The van der Waals surface area contributed by atoms with E-state index in [2.05, 4.69) is 64.9 Å². The van der Waals surface area contributed by atoms with Crippen LogP contribution in [-0.2, 0) is 17.8 Å². The van der Waals surface area contributed by atoms with E-state index in [1.807, 2.05) is 35.6 Å². The average molecular weight is 444 g/mol. The molecule has 33 heavy (non-hydrogen) atoms. The summed E-state index contributed by atoms with van der Waals surface area (Å²) in [5.74, 6) is 1.33. The minimum Gasteiger partial charge on any atom is -0.341 e. The Morgan fingerprint density at radius 3 is 2.52 bits per heavy atom. The first kappa shape index (κ1) is 23.1. The Morgan fingerprint density at radius 2 is 1.82 bits per heavy atom. The molecule has 0 spiro atoms. The van der Waals surface area contributed by atoms with E-state index in [1.54, 1.807) is 6.20 Å². The Kier molecular flexibility index (Phi) is 7.45. The summed E-state index contributed by atoms with van der Waals surface area (Å²) in [6.07, 6.45) is 8.24. The quantitative estimate of drug-likeness (QED) is 0.548. The monoisotopic (exact) mass is 443 g/mol. The fourth-order valence-corrected chi connectivity index (χ4v) is 4.49. The maximum atomic E-state index is 13.4. The van der Waals surface area contributed by atoms with Crippen LogP contribution in [0.3, 0.4) is 0 Å². The highest BCUT2D eigenvalue weighted by atomic mass is 16.2. The number of likely N-dealkylation sites (N-methyl/N-ethyl adjacent to an activating group) is 1. The minimum absolute atomic E-state index is 0.0962. The van der Waals surface area contributed by atoms with Crippen LogP contribution in [0.15, 0.2) is 61.2 Å². The maximum absolute atomic E-state index is 13.4. The largest absolute Gasteiger partial charge is 0.341 e. The molecule has 0 bridgehead atoms. The van der Waals surface area contributed by atoms with E-state index in [-0.39, 0.29) is 11.8 Å². The zero-order valence-corrected chi connectivity index (χ0v) is 19.8. The number of benzene rings is 1. The predicted molar refractivity (Wildman–Crippen MR) is 131 cm³/mol. The fourth-order valence-electron chi connectivity index (χ4n) is 4.49. The Labute approximate surface area is 196 Å². The Morgan fingerprint density at radius 1 is 1.03 bits per heavy atom. The molecule has 1 aromatic carbocycles. The topological polar surface area (TPSA) is 62.2 Å². The molecule has 0 aliphatic carbocycles. The number of amides is 1. The molecule has 4 rings (SSSR count). The third-order valence-electron chi connectivity index (χ3n) is 6.31. The number of pyridine rings is 1. The van der Waals surface area contributed by atoms with Crippen molar-refractivity contribution in [2.24, 2.45) is 5.92 Å². The summed E-state index contributed by atoms with van der Waals surface area (Å²) in [6, 6.07) is 12.4. The fraction of sp³-hybridized carbons (Fsp3) is 0.407. The van der Waals surface area contributed by atoms with Crippen LogP contribution < -0.4 is 0 Å². The van der Waals surface area contributed by atoms with E-state index in [0.717, 1.165) is 55.2 Å². The van der Waals surface area contributed by atoms with Crippen LogP contribution in [0.2, 0.25) is 0 Å². The predicted octanol–water partition coefficient (Wildman–Crippen LogP) is 4.19. The molecular formula is C27H33N5O. The van der Waals surface area contributed by atoms with Gasteiger partial charge in [-0.3, -0.25) is 14.7 Å². The van der Waals surface area contributed by atoms with Crippen molar-refractivity contribution in [2.75, 3.05) is 26.2 Å². The first-order valence-corrected chi connectivity index (χ1v) is 11.9. The standard InChI is InChI=1S/C27H33N5O/c1-4-32-13-12-31(18-21-15-29-26(20(2)3)30-16-21)19-24(27(32)33)14-22-8-5-6-10-25(22)23-9-7-11-28-17-23/h5-11,15-17,20,24H,4,12-14,18-19H2,1-3H3. The van der Waals surface area contributed by atoms with Crippen LogP contribution in [0.25, 0.3) is 11.1 Å². The molecule has 1 unspecified atom stereocenters. The molecule has 3 heterocycles. The molecule has 0 N–H and O–H groups in total. The highest BCUT2D eigenvalue weighted by Crippen LogP contribution is 2.27. The third-order valence-corrected chi connectivity index (χ3v) is 6.31. The molecular weight excluding hydrogens is 410 g/mol. The van der Waals surface area contributed by atoms with Crippen molar-refractivity contribution >= 4 is 5.91 Å². The first-order valence-electron chi connectivity index (χ1n) is 11.9. The number of carbonyl (C=O) groups is 1. The van der Waals surface area contributed by atoms with Gasteiger partial charge in [-0.2, -0.15) is 0 Å². The lowest BCUT2D eigenvalue weighted by molar-refractivity contribution is -0.134. The number of hydrogen-bond acceptors (Lipinski definition) is 5. The third kappa shape index (κ3) is 5.63. The van der Waals surface area contributed by atoms with Crippen molar-refractivity contribution in [2.45, 2.75) is 39.7 Å². The van der Waals surface area contributed by atoms with Gasteiger partial charge in [0, 0.05) is 74.6 Å². The average Bonchev–Trinajstić information content (AvgIpc) is 2.98. The lowest BCUT2D eigenvalue weighted by Crippen LogP contribution is -2.37. The maximum Gasteiger partial charge on any atom is 0.227 e. The van der Waals surface area contributed by atoms with Crippen molar-refractivity contribution in [3.05, 3.63) is 78.1 Å². The van der Waals surface area contributed by atoms with Crippen molar-refractivity contribution in [3.63, 3.8) is 0 Å². The number of nitrogens with zero attached hydrogens (tertiary/aromatic N) is 5. The normalized spacial score (nSPS) is 17.4. The number of rotatable bonds is 7. The van der Waals surface area contributed by atoms with Gasteiger partial charge in [0.2, 0.25) is 5.91 Å². The van der Waals surface area contributed by atoms with Crippen molar-refractivity contribution < 1.29 is 4.79 Å². The number of aromatic nitrogens is 3. The van der Waals surface area contributed by atoms with Gasteiger partial charge in [-0.05, 0) is 30.5 Å². The number of hydrogen-bond donors (Lipinski definition) is 0. The summed E-state index contributed by atoms with van der Waals surface area (Å²) < 4.78 is 0. The summed E-state index contributed by atoms with van der Waals surface area (Å²) in [5, 5.41) is 0. The summed E-state index contributed by atoms with van der Waals surface area (Å²) in [5.41, 5.74) is 4.51. The Bertz CT molecular complexity index is 1050. The second-order valence-corrected chi connectivity index (χ2v) is 9.06. The highest BCUT2D eigenvalue weighted by molar-refractivity contribution is 5.80. The zero-order chi connectivity index (χ0) is 23.2. The summed E-state index contributed by atoms with van der Waals surface area (Å²) in [6.45, 7) is 10.1. The molecule has 1 amide bonds. The summed E-state index contributed by atoms with van der Waals surface area (Å²) in [7, 11) is 0. The van der Waals surface area contributed by atoms with Crippen LogP contribution in [-0.4, -0.2) is 56.8 Å². The van der Waals surface area contributed by atoms with E-state index in [9.17, 15) is 4.79 Å². The Hall–Kier alpha value is -3.12. The van der Waals surface area contributed by atoms with Gasteiger partial charge in [-0.15, -0.1) is 0 Å². The zero-order valence-electron chi connectivity index (χ0n) is 19.8. The molecule has 2 aromatic heterocycles. The van der Waals surface area contributed by atoms with Gasteiger partial charge in [0.05, 0.1) is 5.92 Å². The molecule has 1 aliphatic rings. The van der Waals surface area contributed by atoms with Crippen LogP contribution in [0.5, 0.6) is 0 Å². The van der Waals surface area contributed by atoms with Crippen molar-refractivity contribution in [1.82, 2.24) is 24.8 Å². The van der Waals surface area contributed by atoms with E-state index in [1.165, 1.54) is 5.56 Å². The lowest BCUT2D eigenvalue weighted by atomic mass is 9.91. The second-order valence-electron chi connectivity index (χ2n) is 9.06. The summed E-state index contributed by atoms with van der Waals surface area (Å²) >= 11 is 0. The molecule has 1 atom stereocenters. The molecule has 1 fully saturated rings. The lowest BCUT2D eigenvalue weighted by Gasteiger charge is -2.24. The van der Waals surface area contributed by atoms with Gasteiger partial charge >= 0.3 is 0 Å². The van der Waals surface area contributed by atoms with E-state index in [4.69, 9.17) is 0 Å². The molecule has 3 aromatic rings.